The van der Waals surface area contributed by atoms with Gasteiger partial charge in [-0.15, -0.1) is 0 Å². The minimum atomic E-state index is -0.262. The predicted molar refractivity (Wildman–Crippen MR) is 195 cm³/mol. The topological polar surface area (TPSA) is 81.5 Å². The molecule has 0 saturated carbocycles. The molecule has 0 rings (SSSR count). The molecule has 277 valence electrons. The quantitative estimate of drug-likeness (QED) is 0.187. The number of ether oxygens (including phenoxy) is 6. The van der Waals surface area contributed by atoms with Crippen LogP contribution in [0, 0.1) is 39.4 Å². The molecule has 0 saturated heterocycles. The number of nitrogens with zero attached hydrogens (tertiary/aromatic N) is 6. The largest absolute Gasteiger partial charge is 6.00 e. The van der Waals surface area contributed by atoms with Crippen LogP contribution in [0.15, 0.2) is 0 Å². The molecule has 0 unspecified atom stereocenters. The molecule has 0 aliphatic heterocycles. The number of methoxy groups -OCH3 is 6. The standard InChI is InChI=1S/6C6H11NO.Tc/c6*1-6(2,8-4)5-7-3;/h6*5H2,1-2,4H3;/q;;;;;;+6. The molecule has 0 heterocycles. The Balaban J connectivity index is -0.0000000860. The molecule has 12 nitrogen and oxygen atoms in total. The molecular formula is C36H66N6O6Tc+6. The minimum absolute atomic E-state index is 0. The van der Waals surface area contributed by atoms with Crippen LogP contribution in [0.3, 0.4) is 0 Å². The van der Waals surface area contributed by atoms with Crippen LogP contribution in [0.2, 0.25) is 0 Å². The van der Waals surface area contributed by atoms with Crippen LogP contribution >= 0.6 is 0 Å². The molecule has 0 N–H and O–H groups in total. The summed E-state index contributed by atoms with van der Waals surface area (Å²) in [5, 5.41) is 0. The molecule has 0 aromatic carbocycles. The van der Waals surface area contributed by atoms with Crippen LogP contribution in [-0.4, -0.2) is 116 Å². The summed E-state index contributed by atoms with van der Waals surface area (Å²) in [6, 6.07) is 0. The third-order valence-corrected chi connectivity index (χ3v) is 6.07. The average Bonchev–Trinajstić information content (AvgIpc) is 2.99. The Morgan fingerprint density at radius 3 is 0.388 bits per heavy atom. The van der Waals surface area contributed by atoms with Crippen LogP contribution in [0.4, 0.5) is 0 Å². The Morgan fingerprint density at radius 2 is 0.367 bits per heavy atom. The first kappa shape index (κ1) is 61.6. The van der Waals surface area contributed by atoms with Gasteiger partial charge in [-0.2, -0.15) is 0 Å². The SMILES string of the molecule is [C-]#[N+]CC(C)(C)OC.[C-]#[N+]CC(C)(C)OC.[C-]#[N+]CC(C)(C)OC.[C-]#[N+]CC(C)(C)OC.[C-]#[N+]CC(C)(C)OC.[C-]#[N+]CC(C)(C)OC.[Tc+6]. The van der Waals surface area contributed by atoms with Crippen LogP contribution in [0.5, 0.6) is 0 Å². The molecule has 0 aromatic heterocycles. The molecule has 49 heavy (non-hydrogen) atoms. The van der Waals surface area contributed by atoms with E-state index in [1.54, 1.807) is 42.7 Å². The molecule has 0 amide bonds. The summed E-state index contributed by atoms with van der Waals surface area (Å²) in [7, 11) is 9.70. The van der Waals surface area contributed by atoms with Crippen LogP contribution < -0.4 is 0 Å². The summed E-state index contributed by atoms with van der Waals surface area (Å²) >= 11 is 0. The van der Waals surface area contributed by atoms with E-state index < -0.39 is 0 Å². The van der Waals surface area contributed by atoms with E-state index in [4.69, 9.17) is 67.9 Å². The molecule has 0 aliphatic carbocycles. The van der Waals surface area contributed by atoms with Gasteiger partial charge in [-0.25, -0.2) is 39.4 Å². The zero-order chi connectivity index (χ0) is 39.7. The molecule has 1 radical (unpaired) electrons. The van der Waals surface area contributed by atoms with E-state index in [0.717, 1.165) is 0 Å². The molecular weight excluding hydrogens is 710 g/mol. The summed E-state index contributed by atoms with van der Waals surface area (Å²) in [6.07, 6.45) is 0. The van der Waals surface area contributed by atoms with Gasteiger partial charge in [0, 0.05) is 42.7 Å². The maximum absolute atomic E-state index is 6.51. The van der Waals surface area contributed by atoms with E-state index in [2.05, 4.69) is 29.1 Å². The Bertz CT molecular complexity index is 834. The van der Waals surface area contributed by atoms with Gasteiger partial charge in [0.2, 0.25) is 39.3 Å². The van der Waals surface area contributed by atoms with E-state index in [-0.39, 0.29) is 53.7 Å². The van der Waals surface area contributed by atoms with Gasteiger partial charge in [0.15, 0.2) is 0 Å². The number of hydrogen-bond acceptors (Lipinski definition) is 6. The van der Waals surface area contributed by atoms with Gasteiger partial charge in [-0.05, 0) is 83.1 Å². The summed E-state index contributed by atoms with van der Waals surface area (Å²) < 4.78 is 29.8. The summed E-state index contributed by atoms with van der Waals surface area (Å²) in [6.45, 7) is 64.4. The summed E-state index contributed by atoms with van der Waals surface area (Å²) in [5.41, 5.74) is -1.57. The second-order valence-electron chi connectivity index (χ2n) is 13.7. The molecule has 0 atom stereocenters. The smallest absolute Gasteiger partial charge is 0.371 e. The van der Waals surface area contributed by atoms with Crippen molar-refractivity contribution in [2.24, 2.45) is 0 Å². The van der Waals surface area contributed by atoms with Gasteiger partial charge in [-0.3, -0.25) is 0 Å². The molecule has 0 fully saturated rings. The Labute approximate surface area is 314 Å². The zero-order valence-electron chi connectivity index (χ0n) is 33.8. The maximum atomic E-state index is 6.51. The van der Waals surface area contributed by atoms with Gasteiger partial charge < -0.3 is 57.5 Å². The third kappa shape index (κ3) is 55.0. The van der Waals surface area contributed by atoms with E-state index in [1.807, 2.05) is 83.1 Å². The fraction of sp³-hybridized carbons (Fsp3) is 0.833. The van der Waals surface area contributed by atoms with Crippen molar-refractivity contribution >= 4 is 0 Å². The van der Waals surface area contributed by atoms with Crippen molar-refractivity contribution in [2.75, 3.05) is 81.9 Å². The second-order valence-corrected chi connectivity index (χ2v) is 13.7. The van der Waals surface area contributed by atoms with E-state index in [9.17, 15) is 0 Å². The zero-order valence-corrected chi connectivity index (χ0v) is 35.6. The molecule has 0 aromatic rings. The first-order chi connectivity index (χ1) is 21.7. The second kappa shape index (κ2) is 33.8. The van der Waals surface area contributed by atoms with Gasteiger partial charge >= 0.3 is 20.1 Å². The Kier molecular flexibility index (Phi) is 42.5. The number of hydrogen-bond donors (Lipinski definition) is 0. The van der Waals surface area contributed by atoms with Gasteiger partial charge in [0.1, 0.15) is 33.6 Å². The van der Waals surface area contributed by atoms with Gasteiger partial charge in [-0.1, -0.05) is 0 Å². The monoisotopic (exact) mass is 775 g/mol. The van der Waals surface area contributed by atoms with Crippen LogP contribution in [0.1, 0.15) is 83.1 Å². The minimum Gasteiger partial charge on any atom is -0.371 e. The Hall–Kier alpha value is -2.65. The normalized spacial score (nSPS) is 10.5. The van der Waals surface area contributed by atoms with E-state index in [1.165, 1.54) is 0 Å². The predicted octanol–water partition coefficient (Wildman–Crippen LogP) is 7.98. The van der Waals surface area contributed by atoms with Crippen molar-refractivity contribution in [2.45, 2.75) is 117 Å². The maximum Gasteiger partial charge on any atom is 6.00 e. The van der Waals surface area contributed by atoms with E-state index >= 15 is 0 Å². The van der Waals surface area contributed by atoms with Crippen molar-refractivity contribution in [1.29, 1.82) is 0 Å². The fourth-order valence-electron chi connectivity index (χ4n) is 1.53. The molecule has 13 heteroatoms. The van der Waals surface area contributed by atoms with Gasteiger partial charge in [0.25, 0.3) is 0 Å². The van der Waals surface area contributed by atoms with Crippen molar-refractivity contribution in [1.82, 2.24) is 0 Å². The van der Waals surface area contributed by atoms with Gasteiger partial charge in [0.05, 0.1) is 0 Å². The van der Waals surface area contributed by atoms with Crippen molar-refractivity contribution < 1.29 is 48.5 Å². The molecule has 0 bridgehead atoms. The van der Waals surface area contributed by atoms with Crippen LogP contribution in [-0.2, 0) is 48.5 Å². The number of rotatable bonds is 12. The van der Waals surface area contributed by atoms with Crippen LogP contribution in [0.25, 0.3) is 29.1 Å². The Morgan fingerprint density at radius 1 is 0.286 bits per heavy atom. The molecule has 0 aliphatic rings. The third-order valence-electron chi connectivity index (χ3n) is 6.07. The van der Waals surface area contributed by atoms with E-state index in [0.29, 0.717) is 39.3 Å². The summed E-state index contributed by atoms with van der Waals surface area (Å²) in [4.78, 5) is 19.2. The fourth-order valence-corrected chi connectivity index (χ4v) is 1.53. The van der Waals surface area contributed by atoms with Crippen molar-refractivity contribution in [3.05, 3.63) is 68.5 Å². The first-order valence-electron chi connectivity index (χ1n) is 15.0. The van der Waals surface area contributed by atoms with Crippen molar-refractivity contribution in [3.63, 3.8) is 0 Å². The molecule has 0 spiro atoms. The van der Waals surface area contributed by atoms with Crippen molar-refractivity contribution in [3.8, 4) is 0 Å². The first-order valence-corrected chi connectivity index (χ1v) is 15.0. The average molecular weight is 777 g/mol. The summed E-state index contributed by atoms with van der Waals surface area (Å²) in [5.74, 6) is 0.